The smallest absolute Gasteiger partial charge is 0.261 e. The van der Waals surface area contributed by atoms with E-state index in [1.54, 1.807) is 12.1 Å². The summed E-state index contributed by atoms with van der Waals surface area (Å²) in [4.78, 5) is 11.9. The van der Waals surface area contributed by atoms with Crippen molar-refractivity contribution in [3.05, 3.63) is 57.6 Å². The molecular weight excluding hydrogens is 330 g/mol. The number of carbonyl (C=O) groups is 1. The molecule has 0 saturated carbocycles. The third-order valence-corrected chi connectivity index (χ3v) is 3.23. The van der Waals surface area contributed by atoms with Crippen molar-refractivity contribution < 1.29 is 13.6 Å². The number of benzene rings is 2. The second-order valence-corrected chi connectivity index (χ2v) is 5.19. The summed E-state index contributed by atoms with van der Waals surface area (Å²) in [6, 6.07) is 6.91. The van der Waals surface area contributed by atoms with Crippen molar-refractivity contribution in [2.24, 2.45) is 0 Å². The maximum atomic E-state index is 13.7. The third kappa shape index (κ3) is 2.96. The number of hydrogen-bond acceptors (Lipinski definition) is 2. The van der Waals surface area contributed by atoms with Crippen molar-refractivity contribution in [2.75, 3.05) is 11.1 Å². The van der Waals surface area contributed by atoms with Gasteiger partial charge in [-0.15, -0.1) is 0 Å². The summed E-state index contributed by atoms with van der Waals surface area (Å²) < 4.78 is 27.5. The Morgan fingerprint density at radius 3 is 2.35 bits per heavy atom. The van der Waals surface area contributed by atoms with Gasteiger partial charge in [0.1, 0.15) is 17.2 Å². The zero-order valence-corrected chi connectivity index (χ0v) is 12.1. The number of rotatable bonds is 2. The van der Waals surface area contributed by atoms with Crippen LogP contribution in [0.25, 0.3) is 0 Å². The van der Waals surface area contributed by atoms with Gasteiger partial charge in [0.15, 0.2) is 0 Å². The van der Waals surface area contributed by atoms with Gasteiger partial charge < -0.3 is 11.1 Å². The van der Waals surface area contributed by atoms with Gasteiger partial charge in [0.2, 0.25) is 0 Å². The van der Waals surface area contributed by atoms with E-state index in [4.69, 9.17) is 5.73 Å². The summed E-state index contributed by atoms with van der Waals surface area (Å²) in [6.45, 7) is 1.81. The van der Waals surface area contributed by atoms with Crippen LogP contribution in [0.5, 0.6) is 0 Å². The highest BCUT2D eigenvalue weighted by atomic mass is 79.9. The van der Waals surface area contributed by atoms with Crippen LogP contribution in [0.15, 0.2) is 34.8 Å². The minimum atomic E-state index is -0.936. The first-order valence-electron chi connectivity index (χ1n) is 5.70. The first-order valence-corrected chi connectivity index (χ1v) is 6.50. The van der Waals surface area contributed by atoms with Crippen molar-refractivity contribution in [3.8, 4) is 0 Å². The summed E-state index contributed by atoms with van der Waals surface area (Å²) in [5.74, 6) is -2.74. The molecule has 1 amide bonds. The molecule has 0 fully saturated rings. The fourth-order valence-electron chi connectivity index (χ4n) is 1.67. The number of amides is 1. The molecule has 2 aromatic rings. The van der Waals surface area contributed by atoms with Crippen LogP contribution in [0.4, 0.5) is 20.2 Å². The lowest BCUT2D eigenvalue weighted by atomic mass is 10.1. The lowest BCUT2D eigenvalue weighted by Crippen LogP contribution is -2.16. The number of aryl methyl sites for hydroxylation is 1. The Hall–Kier alpha value is -1.95. The Bertz CT molecular complexity index is 666. The van der Waals surface area contributed by atoms with Gasteiger partial charge >= 0.3 is 0 Å². The highest BCUT2D eigenvalue weighted by Gasteiger charge is 2.18. The van der Waals surface area contributed by atoms with Crippen molar-refractivity contribution in [2.45, 2.75) is 6.92 Å². The third-order valence-electron chi connectivity index (χ3n) is 2.77. The number of halogens is 3. The zero-order chi connectivity index (χ0) is 14.9. The first kappa shape index (κ1) is 14.5. The molecule has 104 valence electrons. The number of carbonyl (C=O) groups excluding carboxylic acids is 1. The topological polar surface area (TPSA) is 55.1 Å². The molecule has 0 aliphatic heterocycles. The van der Waals surface area contributed by atoms with E-state index in [-0.39, 0.29) is 4.47 Å². The maximum absolute atomic E-state index is 13.7. The minimum Gasteiger partial charge on any atom is -0.398 e. The Kier molecular flexibility index (Phi) is 4.04. The summed E-state index contributed by atoms with van der Waals surface area (Å²) >= 11 is 2.95. The number of nitrogen functional groups attached to an aromatic ring is 1. The van der Waals surface area contributed by atoms with Crippen LogP contribution in [-0.2, 0) is 0 Å². The minimum absolute atomic E-state index is 0.226. The summed E-state index contributed by atoms with van der Waals surface area (Å²) in [7, 11) is 0. The number of nitrogens with one attached hydrogen (secondary N) is 1. The van der Waals surface area contributed by atoms with Crippen molar-refractivity contribution in [1.29, 1.82) is 0 Å². The molecule has 0 radical (unpaired) electrons. The Labute approximate surface area is 122 Å². The lowest BCUT2D eigenvalue weighted by Gasteiger charge is -2.09. The molecule has 2 rings (SSSR count). The molecule has 0 aromatic heterocycles. The zero-order valence-electron chi connectivity index (χ0n) is 10.5. The molecule has 0 atom stereocenters. The maximum Gasteiger partial charge on any atom is 0.261 e. The highest BCUT2D eigenvalue weighted by Crippen LogP contribution is 2.22. The first-order chi connectivity index (χ1) is 9.38. The van der Waals surface area contributed by atoms with Gasteiger partial charge in [-0.2, -0.15) is 0 Å². The fourth-order valence-corrected chi connectivity index (χ4v) is 2.07. The fraction of sp³-hybridized carbons (Fsp3) is 0.0714. The molecule has 0 spiro atoms. The van der Waals surface area contributed by atoms with E-state index in [1.807, 2.05) is 6.92 Å². The highest BCUT2D eigenvalue weighted by molar-refractivity contribution is 9.10. The lowest BCUT2D eigenvalue weighted by molar-refractivity contribution is 0.101. The standard InChI is InChI=1S/C14H11BrF2N2O/c1-7-2-3-9(6-12(7)18)19-14(20)13-10(16)4-8(15)5-11(13)17/h2-6H,18H2,1H3,(H,19,20). The van der Waals surface area contributed by atoms with Gasteiger partial charge in [0, 0.05) is 15.8 Å². The van der Waals surface area contributed by atoms with Crippen molar-refractivity contribution >= 4 is 33.2 Å². The van der Waals surface area contributed by atoms with Gasteiger partial charge in [-0.3, -0.25) is 4.79 Å². The molecule has 6 heteroatoms. The van der Waals surface area contributed by atoms with Crippen LogP contribution in [0.1, 0.15) is 15.9 Å². The number of hydrogen-bond donors (Lipinski definition) is 2. The summed E-state index contributed by atoms with van der Waals surface area (Å²) in [5, 5.41) is 2.41. The van der Waals surface area contributed by atoms with Crippen LogP contribution in [0, 0.1) is 18.6 Å². The monoisotopic (exact) mass is 340 g/mol. The van der Waals surface area contributed by atoms with E-state index in [0.29, 0.717) is 11.4 Å². The average molecular weight is 341 g/mol. The predicted molar refractivity (Wildman–Crippen MR) is 77.6 cm³/mol. The van der Waals surface area contributed by atoms with Crippen LogP contribution in [-0.4, -0.2) is 5.91 Å². The van der Waals surface area contributed by atoms with Crippen molar-refractivity contribution in [1.82, 2.24) is 0 Å². The molecule has 0 saturated heterocycles. The van der Waals surface area contributed by atoms with E-state index in [0.717, 1.165) is 17.7 Å². The van der Waals surface area contributed by atoms with Crippen LogP contribution in [0.2, 0.25) is 0 Å². The average Bonchev–Trinajstić information content (AvgIpc) is 2.32. The Balaban J connectivity index is 2.31. The molecule has 0 heterocycles. The molecule has 20 heavy (non-hydrogen) atoms. The Morgan fingerprint density at radius 2 is 1.80 bits per heavy atom. The van der Waals surface area contributed by atoms with E-state index in [2.05, 4.69) is 21.2 Å². The summed E-state index contributed by atoms with van der Waals surface area (Å²) in [6.07, 6.45) is 0. The van der Waals surface area contributed by atoms with Crippen LogP contribution >= 0.6 is 15.9 Å². The molecular formula is C14H11BrF2N2O. The SMILES string of the molecule is Cc1ccc(NC(=O)c2c(F)cc(Br)cc2F)cc1N. The summed E-state index contributed by atoms with van der Waals surface area (Å²) in [5.41, 5.74) is 6.79. The van der Waals surface area contributed by atoms with Gasteiger partial charge in [0.05, 0.1) is 0 Å². The molecule has 0 aliphatic carbocycles. The largest absolute Gasteiger partial charge is 0.398 e. The number of nitrogens with two attached hydrogens (primary N) is 1. The van der Waals surface area contributed by atoms with Gasteiger partial charge in [-0.1, -0.05) is 22.0 Å². The molecule has 3 nitrogen and oxygen atoms in total. The second-order valence-electron chi connectivity index (χ2n) is 4.27. The van der Waals surface area contributed by atoms with E-state index >= 15 is 0 Å². The number of anilines is 2. The molecule has 0 aliphatic rings. The Morgan fingerprint density at radius 1 is 1.20 bits per heavy atom. The molecule has 3 N–H and O–H groups in total. The van der Waals surface area contributed by atoms with Gasteiger partial charge in [-0.25, -0.2) is 8.78 Å². The second kappa shape index (κ2) is 5.58. The molecule has 2 aromatic carbocycles. The quantitative estimate of drug-likeness (QED) is 0.815. The predicted octanol–water partition coefficient (Wildman–Crippen LogP) is 3.87. The van der Waals surface area contributed by atoms with Crippen LogP contribution < -0.4 is 11.1 Å². The van der Waals surface area contributed by atoms with E-state index in [1.165, 1.54) is 6.07 Å². The van der Waals surface area contributed by atoms with E-state index < -0.39 is 23.1 Å². The van der Waals surface area contributed by atoms with Crippen LogP contribution in [0.3, 0.4) is 0 Å². The molecule has 0 unspecified atom stereocenters. The van der Waals surface area contributed by atoms with Gasteiger partial charge in [0.25, 0.3) is 5.91 Å². The normalized spacial score (nSPS) is 10.4. The van der Waals surface area contributed by atoms with E-state index in [9.17, 15) is 13.6 Å². The van der Waals surface area contributed by atoms with Gasteiger partial charge in [-0.05, 0) is 36.8 Å². The molecule has 0 bridgehead atoms. The van der Waals surface area contributed by atoms with Crippen molar-refractivity contribution in [3.63, 3.8) is 0 Å².